The van der Waals surface area contributed by atoms with Gasteiger partial charge in [-0.2, -0.15) is 11.8 Å². The van der Waals surface area contributed by atoms with Gasteiger partial charge in [0.15, 0.2) is 12.8 Å². The van der Waals surface area contributed by atoms with E-state index in [-0.39, 0.29) is 0 Å². The van der Waals surface area contributed by atoms with E-state index in [2.05, 4.69) is 114 Å². The number of rotatable bonds is 0. The Morgan fingerprint density at radius 2 is 0.891 bits per heavy atom. The third kappa shape index (κ3) is 82.0. The molecule has 0 radical (unpaired) electrons. The van der Waals surface area contributed by atoms with Crippen molar-refractivity contribution in [1.29, 1.82) is 0 Å². The van der Waals surface area contributed by atoms with Crippen LogP contribution in [-0.2, 0) is 38.0 Å². The second kappa shape index (κ2) is 83.9. The van der Waals surface area contributed by atoms with Crippen LogP contribution in [0.15, 0.2) is 299 Å². The van der Waals surface area contributed by atoms with Crippen LogP contribution in [0, 0.1) is 0 Å². The Morgan fingerprint density at radius 1 is 0.376 bits per heavy atom. The lowest BCUT2D eigenvalue weighted by atomic mass is 10.2. The molecule has 101 heavy (non-hydrogen) atoms. The number of ether oxygens (including phenoxy) is 7. The minimum atomic E-state index is 0.622. The standard InChI is InChI=1S/C6H13N.C6H11N.C6H12O.C6H12S.C5H7NO.2C5H5N.C5H6O.3C4H4N2.5C4H5NO/c4*1-2-4-6-7-5-3-1;1-6-4-2-3-5-7-6;3*1-2-4-6-5-3-1;2*1-2-6-4-3-5-1;1-2-5-4-6-3-1;3*1-3-6-4-2-5-1;2*1-2-5-4-6-3-1/h7H,1-6H2;1-2,7H,3-6H2;2*1-6H2;2-5H,1H3;2*1-5H;1-4H,5H2;3*1-4H;1-3H,4H2;2*1-5H;1,3-4H,2H2;1-2,4H,3H2. The molecule has 0 amide bonds. The van der Waals surface area contributed by atoms with Gasteiger partial charge >= 0.3 is 0 Å². The smallest absolute Gasteiger partial charge is 0.176 e. The van der Waals surface area contributed by atoms with E-state index in [1.165, 1.54) is 134 Å². The van der Waals surface area contributed by atoms with Crippen molar-refractivity contribution in [2.24, 2.45) is 15.0 Å². The lowest BCUT2D eigenvalue weighted by Gasteiger charge is -2.12. The Balaban J connectivity index is 0.000000539. The molecule has 16 rings (SSSR count). The van der Waals surface area contributed by atoms with Crippen molar-refractivity contribution in [3.8, 4) is 0 Å². The summed E-state index contributed by atoms with van der Waals surface area (Å²) in [5.74, 6) is 2.83. The highest BCUT2D eigenvalue weighted by Crippen LogP contribution is 2.15. The van der Waals surface area contributed by atoms with Gasteiger partial charge in [0.2, 0.25) is 0 Å². The lowest BCUT2D eigenvalue weighted by molar-refractivity contribution is -0.0342. The van der Waals surface area contributed by atoms with Crippen molar-refractivity contribution in [3.05, 3.63) is 284 Å². The summed E-state index contributed by atoms with van der Waals surface area (Å²) >= 11 is 2.12. The molecule has 0 aromatic carbocycles. The minimum absolute atomic E-state index is 0.622. The van der Waals surface area contributed by atoms with Crippen LogP contribution in [0.2, 0.25) is 0 Å². The number of pyridine rings is 2. The number of hydrogen-bond donors (Lipinski definition) is 4. The second-order valence-corrected chi connectivity index (χ2v) is 21.1. The first-order chi connectivity index (χ1) is 50.4. The topological polar surface area (TPSA) is 265 Å². The predicted octanol–water partition coefficient (Wildman–Crippen LogP) is 14.3. The molecule has 11 aliphatic heterocycles. The van der Waals surface area contributed by atoms with Crippen LogP contribution in [0.4, 0.5) is 0 Å². The largest absolute Gasteiger partial charge is 0.497 e. The van der Waals surface area contributed by atoms with Gasteiger partial charge < -0.3 is 59.3 Å². The quantitative estimate of drug-likeness (QED) is 0.105. The molecule has 0 saturated carbocycles. The zero-order chi connectivity index (χ0) is 71.6. The molecule has 16 heterocycles. The highest BCUT2D eigenvalue weighted by Gasteiger charge is 1.97. The molecule has 3 fully saturated rings. The number of allylic oxidation sites excluding steroid dienone is 4. The van der Waals surface area contributed by atoms with Crippen LogP contribution in [0.25, 0.3) is 0 Å². The van der Waals surface area contributed by atoms with Gasteiger partial charge in [0, 0.05) is 150 Å². The third-order valence-electron chi connectivity index (χ3n) is 11.7. The van der Waals surface area contributed by atoms with E-state index in [0.717, 1.165) is 39.5 Å². The first kappa shape index (κ1) is 88.7. The van der Waals surface area contributed by atoms with Gasteiger partial charge in [-0.1, -0.05) is 68.9 Å². The fraction of sp³-hybridized carbons (Fsp3) is 0.355. The third-order valence-corrected chi connectivity index (χ3v) is 12.8. The molecular weight excluding hydrogens is 1300 g/mol. The molecule has 0 atom stereocenters. The van der Waals surface area contributed by atoms with E-state index in [1.54, 1.807) is 191 Å². The molecule has 546 valence electrons. The average Bonchev–Trinajstić information content (AvgIpc) is 4.61. The van der Waals surface area contributed by atoms with Gasteiger partial charge in [-0.15, -0.1) is 0 Å². The van der Waals surface area contributed by atoms with E-state index >= 15 is 0 Å². The van der Waals surface area contributed by atoms with E-state index in [0.29, 0.717) is 13.2 Å². The van der Waals surface area contributed by atoms with Crippen molar-refractivity contribution in [1.82, 2.24) is 66.2 Å². The van der Waals surface area contributed by atoms with Crippen LogP contribution in [0.1, 0.15) is 89.9 Å². The molecule has 11 aliphatic rings. The summed E-state index contributed by atoms with van der Waals surface area (Å²) in [4.78, 5) is 45.8. The number of nitrogens with zero attached hydrogens (tertiary/aromatic N) is 12. The highest BCUT2D eigenvalue weighted by molar-refractivity contribution is 7.99. The van der Waals surface area contributed by atoms with E-state index in [9.17, 15) is 0 Å². The van der Waals surface area contributed by atoms with Crippen LogP contribution >= 0.6 is 11.8 Å². The maximum absolute atomic E-state index is 5.19. The summed E-state index contributed by atoms with van der Waals surface area (Å²) < 4.78 is 33.3. The fourth-order valence-corrected chi connectivity index (χ4v) is 7.93. The van der Waals surface area contributed by atoms with E-state index < -0.39 is 0 Å². The Kier molecular flexibility index (Phi) is 73.6. The number of aromatic nitrogens is 8. The first-order valence-electron chi connectivity index (χ1n) is 33.9. The van der Waals surface area contributed by atoms with Gasteiger partial charge in [0.25, 0.3) is 0 Å². The number of hydroxylamine groups is 2. The molecule has 0 spiro atoms. The van der Waals surface area contributed by atoms with Crippen LogP contribution in [-0.4, -0.2) is 148 Å². The van der Waals surface area contributed by atoms with E-state index in [1.807, 2.05) is 92.2 Å². The van der Waals surface area contributed by atoms with Crippen LogP contribution in [0.5, 0.6) is 0 Å². The van der Waals surface area contributed by atoms with Crippen molar-refractivity contribution in [2.45, 2.75) is 89.9 Å². The van der Waals surface area contributed by atoms with Crippen molar-refractivity contribution in [3.63, 3.8) is 0 Å². The van der Waals surface area contributed by atoms with Gasteiger partial charge in [0.1, 0.15) is 63.7 Å². The lowest BCUT2D eigenvalue weighted by Crippen LogP contribution is -2.13. The second-order valence-electron chi connectivity index (χ2n) is 19.9. The van der Waals surface area contributed by atoms with E-state index in [4.69, 9.17) is 23.8 Å². The summed E-state index contributed by atoms with van der Waals surface area (Å²) in [6.07, 6.45) is 91.3. The molecule has 24 nitrogen and oxygen atoms in total. The Morgan fingerprint density at radius 3 is 1.15 bits per heavy atom. The number of hydrogen-bond acceptors (Lipinski definition) is 25. The molecular formula is C76H108N16O8S. The maximum atomic E-state index is 5.19. The monoisotopic (exact) mass is 1400 g/mol. The summed E-state index contributed by atoms with van der Waals surface area (Å²) in [7, 11) is 1.83. The van der Waals surface area contributed by atoms with Crippen LogP contribution < -0.4 is 21.3 Å². The number of thioether (sulfide) groups is 1. The molecule has 3 saturated heterocycles. The molecule has 4 N–H and O–H groups in total. The minimum Gasteiger partial charge on any atom is -0.497 e. The van der Waals surface area contributed by atoms with Gasteiger partial charge in [-0.05, 0) is 156 Å². The summed E-state index contributed by atoms with van der Waals surface area (Å²) in [6, 6.07) is 13.2. The van der Waals surface area contributed by atoms with Crippen molar-refractivity contribution in [2.75, 3.05) is 84.3 Å². The highest BCUT2D eigenvalue weighted by atomic mass is 32.2. The Labute approximate surface area is 605 Å². The van der Waals surface area contributed by atoms with Gasteiger partial charge in [-0.25, -0.2) is 20.0 Å². The molecule has 5 aromatic heterocycles. The summed E-state index contributed by atoms with van der Waals surface area (Å²) in [5.41, 5.74) is 0. The van der Waals surface area contributed by atoms with Crippen molar-refractivity contribution >= 4 is 30.8 Å². The Hall–Kier alpha value is -10.3. The SMILES string of the molecule is C1=CCCNCC1.C1=CCOC=C1.C1=CN=COC1.C1=COC=CN1.C1=COC=CN1.C1=COC=NC1.C1=COCC=N1.C1CCCNCC1.C1CCCOCC1.C1CCCSCC1.CN1C=CC=CO1.c1ccncc1.c1ccncc1.c1cnccn1.c1cnccn1.c1cncnc1. The van der Waals surface area contributed by atoms with Crippen LogP contribution in [0.3, 0.4) is 0 Å². The average molecular weight is 1410 g/mol. The predicted molar refractivity (Wildman–Crippen MR) is 409 cm³/mol. The fourth-order valence-electron chi connectivity index (χ4n) is 6.91. The molecule has 0 aliphatic carbocycles. The normalized spacial score (nSPS) is 16.1. The number of aliphatic imine (C=N–C) groups is 3. The van der Waals surface area contributed by atoms with Crippen molar-refractivity contribution < 1.29 is 38.0 Å². The zero-order valence-corrected chi connectivity index (χ0v) is 59.5. The Bertz CT molecular complexity index is 2270. The molecule has 25 heteroatoms. The zero-order valence-electron chi connectivity index (χ0n) is 58.7. The summed E-state index contributed by atoms with van der Waals surface area (Å²) in [6.45, 7) is 9.61. The van der Waals surface area contributed by atoms with Gasteiger partial charge in [-0.3, -0.25) is 39.9 Å². The number of nitrogens with one attached hydrogen (secondary N) is 4. The first-order valence-corrected chi connectivity index (χ1v) is 35.0. The van der Waals surface area contributed by atoms with Gasteiger partial charge in [0.05, 0.1) is 25.3 Å². The molecule has 5 aromatic rings. The maximum Gasteiger partial charge on any atom is 0.176 e. The molecule has 0 unspecified atom stereocenters. The summed E-state index contributed by atoms with van der Waals surface area (Å²) in [5, 5.41) is 13.9. The molecule has 0 bridgehead atoms.